The summed E-state index contributed by atoms with van der Waals surface area (Å²) in [5.74, 6) is 0.731. The van der Waals surface area contributed by atoms with E-state index >= 15 is 0 Å². The van der Waals surface area contributed by atoms with Gasteiger partial charge in [0.25, 0.3) is 0 Å². The van der Waals surface area contributed by atoms with Crippen LogP contribution in [-0.4, -0.2) is 14.7 Å². The Morgan fingerprint density at radius 3 is 2.35 bits per heavy atom. The molecule has 0 aliphatic rings. The Bertz CT molecular complexity index is 703. The zero-order valence-electron chi connectivity index (χ0n) is 11.8. The van der Waals surface area contributed by atoms with Crippen molar-refractivity contribution in [3.8, 4) is 16.9 Å². The molecule has 0 spiro atoms. The van der Waals surface area contributed by atoms with E-state index in [0.717, 1.165) is 17.4 Å². The molecule has 2 aromatic rings. The number of hydrogen-bond acceptors (Lipinski definition) is 3. The second-order valence-electron chi connectivity index (χ2n) is 5.06. The Balaban J connectivity index is 2.46. The summed E-state index contributed by atoms with van der Waals surface area (Å²) in [6.07, 6.45) is 1.04. The third kappa shape index (κ3) is 3.61. The quantitative estimate of drug-likeness (QED) is 0.804. The van der Waals surface area contributed by atoms with Crippen LogP contribution in [-0.2, 0) is 10.1 Å². The summed E-state index contributed by atoms with van der Waals surface area (Å²) in [7, 11) is -3.50. The minimum absolute atomic E-state index is 0.337. The molecule has 0 saturated carbocycles. The van der Waals surface area contributed by atoms with E-state index < -0.39 is 10.1 Å². The maximum absolute atomic E-state index is 11.2. The van der Waals surface area contributed by atoms with Crippen LogP contribution in [0.3, 0.4) is 0 Å². The van der Waals surface area contributed by atoms with Gasteiger partial charge in [-0.2, -0.15) is 8.42 Å². The molecule has 106 valence electrons. The fraction of sp³-hybridized carbons (Fsp3) is 0.250. The summed E-state index contributed by atoms with van der Waals surface area (Å²) in [5.41, 5.74) is 3.28. The molecule has 20 heavy (non-hydrogen) atoms. The molecule has 0 unspecified atom stereocenters. The molecule has 0 aliphatic carbocycles. The van der Waals surface area contributed by atoms with E-state index in [-0.39, 0.29) is 0 Å². The van der Waals surface area contributed by atoms with Crippen molar-refractivity contribution in [1.29, 1.82) is 0 Å². The Morgan fingerprint density at radius 1 is 1.00 bits per heavy atom. The maximum atomic E-state index is 11.2. The monoisotopic (exact) mass is 290 g/mol. The number of rotatable bonds is 4. The summed E-state index contributed by atoms with van der Waals surface area (Å²) >= 11 is 0. The lowest BCUT2D eigenvalue weighted by Gasteiger charge is -2.13. The van der Waals surface area contributed by atoms with Crippen molar-refractivity contribution in [3.05, 3.63) is 54.1 Å². The van der Waals surface area contributed by atoms with E-state index in [1.54, 1.807) is 18.2 Å². The fourth-order valence-corrected chi connectivity index (χ4v) is 2.61. The highest BCUT2D eigenvalue weighted by Crippen LogP contribution is 2.31. The average molecular weight is 290 g/mol. The van der Waals surface area contributed by atoms with Gasteiger partial charge in [-0.25, -0.2) is 0 Å². The molecule has 0 aliphatic heterocycles. The van der Waals surface area contributed by atoms with Crippen molar-refractivity contribution < 1.29 is 12.6 Å². The minimum Gasteiger partial charge on any atom is -0.383 e. The smallest absolute Gasteiger partial charge is 0.306 e. The van der Waals surface area contributed by atoms with Gasteiger partial charge >= 0.3 is 10.1 Å². The van der Waals surface area contributed by atoms with Gasteiger partial charge in [-0.05, 0) is 34.7 Å². The van der Waals surface area contributed by atoms with Crippen LogP contribution in [0.5, 0.6) is 5.75 Å². The lowest BCUT2D eigenvalue weighted by Crippen LogP contribution is -2.05. The van der Waals surface area contributed by atoms with E-state index in [4.69, 9.17) is 4.18 Å². The molecule has 0 radical (unpaired) electrons. The first-order valence-electron chi connectivity index (χ1n) is 6.45. The van der Waals surface area contributed by atoms with Crippen molar-refractivity contribution in [2.45, 2.75) is 19.8 Å². The molecule has 0 aromatic heterocycles. The molecule has 4 heteroatoms. The van der Waals surface area contributed by atoms with E-state index in [9.17, 15) is 8.42 Å². The van der Waals surface area contributed by atoms with Gasteiger partial charge < -0.3 is 4.18 Å². The van der Waals surface area contributed by atoms with Crippen LogP contribution >= 0.6 is 0 Å². The van der Waals surface area contributed by atoms with E-state index in [1.165, 1.54) is 5.56 Å². The summed E-state index contributed by atoms with van der Waals surface area (Å²) in [6, 6.07) is 15.3. The summed E-state index contributed by atoms with van der Waals surface area (Å²) in [5, 5.41) is 0. The van der Waals surface area contributed by atoms with E-state index in [1.807, 2.05) is 24.3 Å². The first-order chi connectivity index (χ1) is 9.37. The molecule has 0 saturated heterocycles. The average Bonchev–Trinajstić information content (AvgIpc) is 2.37. The predicted molar refractivity (Wildman–Crippen MR) is 81.4 cm³/mol. The Labute approximate surface area is 120 Å². The Kier molecular flexibility index (Phi) is 4.14. The third-order valence-corrected chi connectivity index (χ3v) is 3.47. The molecule has 0 heterocycles. The standard InChI is InChI=1S/C16H18O3S/c1-12(2)15-9-4-5-10-16(15)13-7-6-8-14(11-13)19-20(3,17)18/h4-12H,1-3H3. The molecule has 0 amide bonds. The van der Waals surface area contributed by atoms with Crippen molar-refractivity contribution in [2.24, 2.45) is 0 Å². The summed E-state index contributed by atoms with van der Waals surface area (Å²) < 4.78 is 27.3. The first kappa shape index (κ1) is 14.6. The van der Waals surface area contributed by atoms with Crippen molar-refractivity contribution in [1.82, 2.24) is 0 Å². The molecular formula is C16H18O3S. The topological polar surface area (TPSA) is 43.4 Å². The van der Waals surface area contributed by atoms with Gasteiger partial charge in [-0.1, -0.05) is 50.2 Å². The minimum atomic E-state index is -3.50. The van der Waals surface area contributed by atoms with E-state index in [2.05, 4.69) is 19.9 Å². The molecule has 2 rings (SSSR count). The van der Waals surface area contributed by atoms with Crippen LogP contribution in [0.15, 0.2) is 48.5 Å². The molecule has 0 bridgehead atoms. The molecular weight excluding hydrogens is 272 g/mol. The third-order valence-electron chi connectivity index (χ3n) is 2.98. The Hall–Kier alpha value is -1.81. The predicted octanol–water partition coefficient (Wildman–Crippen LogP) is 3.82. The highest BCUT2D eigenvalue weighted by atomic mass is 32.2. The van der Waals surface area contributed by atoms with Crippen LogP contribution in [0.1, 0.15) is 25.3 Å². The van der Waals surface area contributed by atoms with Gasteiger partial charge in [-0.15, -0.1) is 0 Å². The van der Waals surface area contributed by atoms with Crippen LogP contribution in [0.2, 0.25) is 0 Å². The summed E-state index contributed by atoms with van der Waals surface area (Å²) in [4.78, 5) is 0. The molecule has 3 nitrogen and oxygen atoms in total. The number of benzene rings is 2. The normalized spacial score (nSPS) is 11.6. The lowest BCUT2D eigenvalue weighted by atomic mass is 9.93. The van der Waals surface area contributed by atoms with Crippen molar-refractivity contribution in [3.63, 3.8) is 0 Å². The van der Waals surface area contributed by atoms with Gasteiger partial charge in [0, 0.05) is 0 Å². The molecule has 0 atom stereocenters. The summed E-state index contributed by atoms with van der Waals surface area (Å²) in [6.45, 7) is 4.27. The van der Waals surface area contributed by atoms with E-state index in [0.29, 0.717) is 11.7 Å². The maximum Gasteiger partial charge on any atom is 0.306 e. The molecule has 0 N–H and O–H groups in total. The zero-order chi connectivity index (χ0) is 14.8. The Morgan fingerprint density at radius 2 is 1.70 bits per heavy atom. The van der Waals surface area contributed by atoms with Gasteiger partial charge in [0.1, 0.15) is 5.75 Å². The van der Waals surface area contributed by atoms with Gasteiger partial charge in [0.2, 0.25) is 0 Å². The molecule has 2 aromatic carbocycles. The number of hydrogen-bond donors (Lipinski definition) is 0. The van der Waals surface area contributed by atoms with Crippen LogP contribution in [0.25, 0.3) is 11.1 Å². The molecule has 0 fully saturated rings. The van der Waals surface area contributed by atoms with Crippen LogP contribution in [0, 0.1) is 0 Å². The van der Waals surface area contributed by atoms with Crippen LogP contribution in [0.4, 0.5) is 0 Å². The van der Waals surface area contributed by atoms with Crippen LogP contribution < -0.4 is 4.18 Å². The van der Waals surface area contributed by atoms with Crippen molar-refractivity contribution >= 4 is 10.1 Å². The lowest BCUT2D eigenvalue weighted by molar-refractivity contribution is 0.493. The second kappa shape index (κ2) is 5.67. The first-order valence-corrected chi connectivity index (χ1v) is 8.27. The highest BCUT2D eigenvalue weighted by Gasteiger charge is 2.10. The zero-order valence-corrected chi connectivity index (χ0v) is 12.6. The highest BCUT2D eigenvalue weighted by molar-refractivity contribution is 7.86. The SMILES string of the molecule is CC(C)c1ccccc1-c1cccc(OS(C)(=O)=O)c1. The van der Waals surface area contributed by atoms with Gasteiger partial charge in [0.05, 0.1) is 6.26 Å². The van der Waals surface area contributed by atoms with Gasteiger partial charge in [-0.3, -0.25) is 0 Å². The fourth-order valence-electron chi connectivity index (χ4n) is 2.15. The second-order valence-corrected chi connectivity index (χ2v) is 6.63. The largest absolute Gasteiger partial charge is 0.383 e. The van der Waals surface area contributed by atoms with Crippen molar-refractivity contribution in [2.75, 3.05) is 6.26 Å². The van der Waals surface area contributed by atoms with Gasteiger partial charge in [0.15, 0.2) is 0 Å².